The fraction of sp³-hybridized carbons (Fsp3) is 0. The van der Waals surface area contributed by atoms with E-state index in [1.807, 2.05) is 24.3 Å². The smallest absolute Gasteiger partial charge is 0.381 e. The summed E-state index contributed by atoms with van der Waals surface area (Å²) in [5.41, 5.74) is 12.5. The van der Waals surface area contributed by atoms with Crippen molar-refractivity contribution in [2.45, 2.75) is 0 Å². The number of rotatable bonds is 0. The van der Waals surface area contributed by atoms with Gasteiger partial charge in [-0.25, -0.2) is 9.97 Å². The van der Waals surface area contributed by atoms with Crippen molar-refractivity contribution in [2.24, 2.45) is 0 Å². The summed E-state index contributed by atoms with van der Waals surface area (Å²) < 4.78 is 0. The summed E-state index contributed by atoms with van der Waals surface area (Å²) in [4.78, 5) is 8.13. The fourth-order valence-electron chi connectivity index (χ4n) is 1.03. The Morgan fingerprint density at radius 3 is 1.75 bits per heavy atom. The minimum Gasteiger partial charge on any atom is -0.381 e. The van der Waals surface area contributed by atoms with Crippen LogP contribution in [0.4, 0.5) is 11.6 Å². The van der Waals surface area contributed by atoms with Gasteiger partial charge in [0.1, 0.15) is 0 Å². The number of benzene rings is 1. The van der Waals surface area contributed by atoms with Crippen molar-refractivity contribution in [3.8, 4) is 0 Å². The summed E-state index contributed by atoms with van der Waals surface area (Å²) in [7, 11) is 0. The Morgan fingerprint density at radius 1 is 0.917 bits per heavy atom. The van der Waals surface area contributed by atoms with E-state index in [1.165, 1.54) is 0 Å². The van der Waals surface area contributed by atoms with Crippen LogP contribution in [0.5, 0.6) is 0 Å². The van der Waals surface area contributed by atoms with Crippen LogP contribution in [-0.4, -0.2) is 9.97 Å². The third kappa shape index (κ3) is 0.934. The van der Waals surface area contributed by atoms with Gasteiger partial charge in [0.15, 0.2) is 11.6 Å². The Bertz CT molecular complexity index is 392. The molecule has 2 rings (SSSR count). The summed E-state index contributed by atoms with van der Waals surface area (Å²) in [6, 6.07) is 7.45. The molecule has 1 aromatic carbocycles. The van der Waals surface area contributed by atoms with Crippen LogP contribution in [0.25, 0.3) is 11.0 Å². The van der Waals surface area contributed by atoms with Crippen molar-refractivity contribution in [1.82, 2.24) is 9.97 Å². The Hall–Kier alpha value is -1.84. The second kappa shape index (κ2) is 2.34. The standard InChI is InChI=1S/C8H8N4/c9-7-8(10)12-6-4-2-1-3-5(6)11-7/h1-4H,(H2,9,11)(H2,10,12)/p+2. The topological polar surface area (TPSA) is 77.8 Å². The molecule has 12 heavy (non-hydrogen) atoms. The van der Waals surface area contributed by atoms with E-state index in [9.17, 15) is 0 Å². The average Bonchev–Trinajstić information content (AvgIpc) is 2.07. The quantitative estimate of drug-likeness (QED) is 0.606. The Morgan fingerprint density at radius 2 is 1.33 bits per heavy atom. The van der Waals surface area contributed by atoms with E-state index >= 15 is 0 Å². The maximum atomic E-state index is 5.49. The molecule has 0 amide bonds. The number of anilines is 2. The zero-order valence-electron chi connectivity index (χ0n) is 8.36. The Kier molecular flexibility index (Phi) is 1.33. The van der Waals surface area contributed by atoms with Gasteiger partial charge in [-0.1, -0.05) is 12.1 Å². The number of nitrogens with zero attached hydrogens (tertiary/aromatic N) is 2. The first-order valence-corrected chi connectivity index (χ1v) is 3.55. The molecule has 60 valence electrons. The van der Waals surface area contributed by atoms with Gasteiger partial charge in [0.2, 0.25) is 0 Å². The summed E-state index contributed by atoms with van der Waals surface area (Å²) in [6.07, 6.45) is 0. The second-order valence-electron chi connectivity index (χ2n) is 2.48. The maximum Gasteiger partial charge on any atom is 1.00 e. The lowest BCUT2D eigenvalue weighted by Gasteiger charge is -1.99. The van der Waals surface area contributed by atoms with Crippen LogP contribution in [0.3, 0.4) is 0 Å². The minimum absolute atomic E-state index is 0. The van der Waals surface area contributed by atoms with E-state index in [-0.39, 0.29) is 14.5 Å². The Labute approximate surface area is 72.2 Å². The molecule has 0 atom stereocenters. The van der Waals surface area contributed by atoms with Gasteiger partial charge in [-0.15, -0.1) is 0 Å². The minimum atomic E-state index is 0. The number of aromatic nitrogens is 2. The van der Waals surface area contributed by atoms with Crippen molar-refractivity contribution in [1.29, 1.82) is 0 Å². The maximum absolute atomic E-state index is 5.49. The zero-order valence-corrected chi connectivity index (χ0v) is 6.36. The first kappa shape index (κ1) is 6.84. The molecule has 0 aliphatic carbocycles. The van der Waals surface area contributed by atoms with Crippen molar-refractivity contribution in [3.05, 3.63) is 24.3 Å². The summed E-state index contributed by atoms with van der Waals surface area (Å²) in [5, 5.41) is 0. The predicted molar refractivity (Wildman–Crippen MR) is 50.6 cm³/mol. The molecule has 1 aromatic heterocycles. The van der Waals surface area contributed by atoms with Crippen molar-refractivity contribution < 1.29 is 2.85 Å². The van der Waals surface area contributed by atoms with Crippen molar-refractivity contribution in [2.75, 3.05) is 11.5 Å². The number of nitrogens with two attached hydrogens (primary N) is 2. The number of hydrogen-bond acceptors (Lipinski definition) is 4. The van der Waals surface area contributed by atoms with Gasteiger partial charge in [-0.3, -0.25) is 0 Å². The third-order valence-electron chi connectivity index (χ3n) is 1.63. The third-order valence-corrected chi connectivity index (χ3v) is 1.63. The second-order valence-corrected chi connectivity index (χ2v) is 2.48. The molecule has 0 bridgehead atoms. The van der Waals surface area contributed by atoms with Crippen molar-refractivity contribution >= 4 is 22.7 Å². The molecule has 0 unspecified atom stereocenters. The molecule has 0 spiro atoms. The van der Waals surface area contributed by atoms with Crippen molar-refractivity contribution in [3.63, 3.8) is 0 Å². The van der Waals surface area contributed by atoms with Crippen LogP contribution >= 0.6 is 0 Å². The average molecular weight is 162 g/mol. The van der Waals surface area contributed by atoms with Crippen LogP contribution < -0.4 is 11.5 Å². The first-order chi connectivity index (χ1) is 5.77. The summed E-state index contributed by atoms with van der Waals surface area (Å²) in [5.74, 6) is 0.572. The van der Waals surface area contributed by atoms with Crippen LogP contribution in [0.1, 0.15) is 2.85 Å². The molecule has 1 heterocycles. The van der Waals surface area contributed by atoms with E-state index in [1.54, 1.807) is 0 Å². The van der Waals surface area contributed by atoms with E-state index < -0.39 is 0 Å². The summed E-state index contributed by atoms with van der Waals surface area (Å²) in [6.45, 7) is 0. The number of nitrogen functional groups attached to an aromatic ring is 2. The van der Waals surface area contributed by atoms with Gasteiger partial charge < -0.3 is 11.5 Å². The van der Waals surface area contributed by atoms with E-state index in [0.717, 1.165) is 11.0 Å². The molecule has 0 saturated carbocycles. The number of fused-ring (bicyclic) bond motifs is 1. The van der Waals surface area contributed by atoms with E-state index in [2.05, 4.69) is 9.97 Å². The van der Waals surface area contributed by atoms with Gasteiger partial charge in [0.05, 0.1) is 11.0 Å². The monoisotopic (exact) mass is 162 g/mol. The Balaban J connectivity index is 0.000000845. The molecular formula is C8H10N4+2. The largest absolute Gasteiger partial charge is 1.00 e. The highest BCUT2D eigenvalue weighted by Crippen LogP contribution is 2.14. The van der Waals surface area contributed by atoms with Gasteiger partial charge >= 0.3 is 2.85 Å². The van der Waals surface area contributed by atoms with E-state index in [0.29, 0.717) is 0 Å². The lowest BCUT2D eigenvalue weighted by atomic mass is 10.3. The van der Waals surface area contributed by atoms with Crippen LogP contribution in [-0.2, 0) is 0 Å². The van der Waals surface area contributed by atoms with Gasteiger partial charge in [-0.2, -0.15) is 0 Å². The predicted octanol–water partition coefficient (Wildman–Crippen LogP) is 1.02. The molecule has 4 nitrogen and oxygen atoms in total. The number of hydrogen-bond donors (Lipinski definition) is 2. The SMILES string of the molecule is Nc1nc2ccccc2nc1N.[H+].[H+]. The molecule has 0 fully saturated rings. The van der Waals surface area contributed by atoms with Crippen LogP contribution in [0.2, 0.25) is 0 Å². The molecule has 2 aromatic rings. The van der Waals surface area contributed by atoms with Crippen LogP contribution in [0, 0.1) is 0 Å². The van der Waals surface area contributed by atoms with Gasteiger partial charge in [-0.05, 0) is 12.1 Å². The zero-order chi connectivity index (χ0) is 8.55. The molecule has 0 saturated heterocycles. The van der Waals surface area contributed by atoms with Gasteiger partial charge in [0.25, 0.3) is 0 Å². The lowest BCUT2D eigenvalue weighted by Crippen LogP contribution is -2.00. The fourth-order valence-corrected chi connectivity index (χ4v) is 1.03. The summed E-state index contributed by atoms with van der Waals surface area (Å²) >= 11 is 0. The molecule has 4 heteroatoms. The lowest BCUT2D eigenvalue weighted by molar-refractivity contribution is 1.31. The molecule has 0 aliphatic rings. The van der Waals surface area contributed by atoms with E-state index in [4.69, 9.17) is 11.5 Å². The first-order valence-electron chi connectivity index (χ1n) is 3.55. The normalized spacial score (nSPS) is 10.3. The molecule has 0 aliphatic heterocycles. The van der Waals surface area contributed by atoms with Crippen LogP contribution in [0.15, 0.2) is 24.3 Å². The molecular weight excluding hydrogens is 152 g/mol. The van der Waals surface area contributed by atoms with Gasteiger partial charge in [0, 0.05) is 0 Å². The highest BCUT2D eigenvalue weighted by atomic mass is 15.0. The highest BCUT2D eigenvalue weighted by molar-refractivity contribution is 5.78. The highest BCUT2D eigenvalue weighted by Gasteiger charge is 1.99. The number of para-hydroxylation sites is 2. The molecule has 4 N–H and O–H groups in total. The molecule has 0 radical (unpaired) electrons.